The van der Waals surface area contributed by atoms with Crippen molar-refractivity contribution in [1.29, 1.82) is 0 Å². The third-order valence-corrected chi connectivity index (χ3v) is 3.45. The number of hydrogen-bond acceptors (Lipinski definition) is 3. The molecule has 18 heavy (non-hydrogen) atoms. The summed E-state index contributed by atoms with van der Waals surface area (Å²) < 4.78 is 0. The predicted molar refractivity (Wildman–Crippen MR) is 72.0 cm³/mol. The number of aromatic hydroxyl groups is 2. The summed E-state index contributed by atoms with van der Waals surface area (Å²) in [6.07, 6.45) is 1.83. The Labute approximate surface area is 103 Å². The van der Waals surface area contributed by atoms with Gasteiger partial charge in [0.1, 0.15) is 0 Å². The van der Waals surface area contributed by atoms with Gasteiger partial charge >= 0.3 is 0 Å². The first-order valence-electron chi connectivity index (χ1n) is 5.70. The Morgan fingerprint density at radius 3 is 2.72 bits per heavy atom. The van der Waals surface area contributed by atoms with E-state index in [9.17, 15) is 10.2 Å². The van der Waals surface area contributed by atoms with Gasteiger partial charge in [0.25, 0.3) is 0 Å². The summed E-state index contributed by atoms with van der Waals surface area (Å²) in [5, 5.41) is 23.2. The summed E-state index contributed by atoms with van der Waals surface area (Å²) in [6.45, 7) is 0. The smallest absolute Gasteiger partial charge is 0.166 e. The van der Waals surface area contributed by atoms with E-state index in [2.05, 4.69) is 4.99 Å². The molecule has 0 aliphatic carbocycles. The van der Waals surface area contributed by atoms with Gasteiger partial charge in [-0.1, -0.05) is 24.3 Å². The highest BCUT2D eigenvalue weighted by atomic mass is 16.3. The van der Waals surface area contributed by atoms with Crippen LogP contribution in [0.2, 0.25) is 0 Å². The highest BCUT2D eigenvalue weighted by Crippen LogP contribution is 2.43. The standard InChI is InChI=1S/C15H9NO2/c17-12-5-4-8-6-11-13-9(7-16-11)2-1-3-10(13)14(8)15(12)18/h1-7,17-18H. The van der Waals surface area contributed by atoms with Crippen LogP contribution in [0.3, 0.4) is 0 Å². The highest BCUT2D eigenvalue weighted by Gasteiger charge is 2.16. The van der Waals surface area contributed by atoms with Gasteiger partial charge < -0.3 is 10.2 Å². The summed E-state index contributed by atoms with van der Waals surface area (Å²) in [7, 11) is 0. The number of phenolic OH excluding ortho intramolecular Hbond substituents is 2. The number of hydrogen-bond donors (Lipinski definition) is 2. The first-order chi connectivity index (χ1) is 8.75. The Morgan fingerprint density at radius 1 is 0.944 bits per heavy atom. The molecule has 2 N–H and O–H groups in total. The summed E-state index contributed by atoms with van der Waals surface area (Å²) in [5.41, 5.74) is 1.96. The van der Waals surface area contributed by atoms with Crippen LogP contribution in [-0.2, 0) is 0 Å². The fourth-order valence-corrected chi connectivity index (χ4v) is 2.63. The average Bonchev–Trinajstić information content (AvgIpc) is 2.79. The van der Waals surface area contributed by atoms with Crippen molar-refractivity contribution in [2.24, 2.45) is 4.99 Å². The number of benzene rings is 3. The molecule has 0 radical (unpaired) electrons. The molecule has 1 heterocycles. The van der Waals surface area contributed by atoms with Crippen LogP contribution >= 0.6 is 0 Å². The van der Waals surface area contributed by atoms with E-state index in [1.165, 1.54) is 6.07 Å². The van der Waals surface area contributed by atoms with Crippen LogP contribution in [0.25, 0.3) is 21.5 Å². The molecule has 0 saturated carbocycles. The number of rotatable bonds is 0. The first-order valence-corrected chi connectivity index (χ1v) is 5.70. The molecule has 86 valence electrons. The molecular weight excluding hydrogens is 226 g/mol. The Morgan fingerprint density at radius 2 is 1.83 bits per heavy atom. The van der Waals surface area contributed by atoms with Crippen LogP contribution in [0.1, 0.15) is 5.56 Å². The average molecular weight is 235 g/mol. The molecular formula is C15H9NO2. The van der Waals surface area contributed by atoms with Crippen LogP contribution in [0.4, 0.5) is 5.69 Å². The maximum Gasteiger partial charge on any atom is 0.166 e. The van der Waals surface area contributed by atoms with Crippen molar-refractivity contribution in [3.8, 4) is 11.5 Å². The SMILES string of the molecule is Oc1ccc2cc3c4c(cccc4c2c1O)C=N3. The Hall–Kier alpha value is -2.55. The largest absolute Gasteiger partial charge is 0.504 e. The quantitative estimate of drug-likeness (QED) is 0.362. The van der Waals surface area contributed by atoms with E-state index in [1.807, 2.05) is 30.5 Å². The molecule has 0 atom stereocenters. The van der Waals surface area contributed by atoms with E-state index >= 15 is 0 Å². The zero-order valence-electron chi connectivity index (χ0n) is 9.38. The third-order valence-electron chi connectivity index (χ3n) is 3.45. The fourth-order valence-electron chi connectivity index (χ4n) is 2.63. The Balaban J connectivity index is 2.37. The van der Waals surface area contributed by atoms with E-state index in [0.29, 0.717) is 5.39 Å². The molecule has 0 bridgehead atoms. The van der Waals surface area contributed by atoms with E-state index in [-0.39, 0.29) is 11.5 Å². The maximum atomic E-state index is 10.1. The molecule has 3 aromatic carbocycles. The van der Waals surface area contributed by atoms with Gasteiger partial charge in [0.2, 0.25) is 0 Å². The van der Waals surface area contributed by atoms with Gasteiger partial charge in [-0.2, -0.15) is 0 Å². The topological polar surface area (TPSA) is 52.8 Å². The minimum atomic E-state index is -0.0953. The van der Waals surface area contributed by atoms with Crippen LogP contribution < -0.4 is 0 Å². The van der Waals surface area contributed by atoms with Gasteiger partial charge in [-0.25, -0.2) is 0 Å². The van der Waals surface area contributed by atoms with Crippen molar-refractivity contribution in [3.05, 3.63) is 42.0 Å². The lowest BCUT2D eigenvalue weighted by Gasteiger charge is -2.08. The predicted octanol–water partition coefficient (Wildman–Crippen LogP) is 3.47. The van der Waals surface area contributed by atoms with E-state index in [1.54, 1.807) is 6.07 Å². The molecule has 3 aromatic rings. The van der Waals surface area contributed by atoms with E-state index in [0.717, 1.165) is 27.4 Å². The number of aliphatic imine (C=N–C) groups is 1. The van der Waals surface area contributed by atoms with E-state index in [4.69, 9.17) is 0 Å². The Bertz CT molecular complexity index is 850. The van der Waals surface area contributed by atoms with Crippen molar-refractivity contribution in [2.45, 2.75) is 0 Å². The summed E-state index contributed by atoms with van der Waals surface area (Å²) in [5.74, 6) is -0.162. The molecule has 3 nitrogen and oxygen atoms in total. The van der Waals surface area contributed by atoms with Crippen LogP contribution in [-0.4, -0.2) is 16.4 Å². The zero-order chi connectivity index (χ0) is 12.3. The molecule has 1 aliphatic rings. The van der Waals surface area contributed by atoms with Crippen molar-refractivity contribution >= 4 is 33.4 Å². The zero-order valence-corrected chi connectivity index (χ0v) is 9.38. The minimum absolute atomic E-state index is 0.0666. The van der Waals surface area contributed by atoms with Gasteiger partial charge in [-0.3, -0.25) is 4.99 Å². The molecule has 4 rings (SSSR count). The number of phenols is 2. The number of nitrogens with zero attached hydrogens (tertiary/aromatic N) is 1. The highest BCUT2D eigenvalue weighted by molar-refractivity contribution is 6.22. The van der Waals surface area contributed by atoms with Crippen molar-refractivity contribution in [1.82, 2.24) is 0 Å². The lowest BCUT2D eigenvalue weighted by Crippen LogP contribution is -1.82. The molecule has 1 aliphatic heterocycles. The molecule has 0 fully saturated rings. The molecule has 0 spiro atoms. The molecule has 0 saturated heterocycles. The summed E-state index contributed by atoms with van der Waals surface area (Å²) in [4.78, 5) is 4.38. The van der Waals surface area contributed by atoms with Crippen LogP contribution in [0.15, 0.2) is 41.4 Å². The maximum absolute atomic E-state index is 10.1. The lowest BCUT2D eigenvalue weighted by atomic mass is 9.97. The minimum Gasteiger partial charge on any atom is -0.504 e. The Kier molecular flexibility index (Phi) is 1.59. The lowest BCUT2D eigenvalue weighted by molar-refractivity contribution is 0.408. The van der Waals surface area contributed by atoms with Crippen LogP contribution in [0.5, 0.6) is 11.5 Å². The van der Waals surface area contributed by atoms with Gasteiger partial charge in [-0.15, -0.1) is 0 Å². The second-order valence-electron chi connectivity index (χ2n) is 4.46. The molecule has 3 heteroatoms. The summed E-state index contributed by atoms with van der Waals surface area (Å²) in [6, 6.07) is 11.1. The van der Waals surface area contributed by atoms with Gasteiger partial charge in [0.05, 0.1) is 5.69 Å². The number of fused-ring (bicyclic) bond motifs is 2. The second-order valence-corrected chi connectivity index (χ2v) is 4.46. The van der Waals surface area contributed by atoms with Crippen LogP contribution in [0, 0.1) is 0 Å². The van der Waals surface area contributed by atoms with Gasteiger partial charge in [0.15, 0.2) is 11.5 Å². The first kappa shape index (κ1) is 9.48. The van der Waals surface area contributed by atoms with Gasteiger partial charge in [0, 0.05) is 22.6 Å². The fraction of sp³-hybridized carbons (Fsp3) is 0. The van der Waals surface area contributed by atoms with Gasteiger partial charge in [-0.05, 0) is 22.9 Å². The summed E-state index contributed by atoms with van der Waals surface area (Å²) >= 11 is 0. The molecule has 0 unspecified atom stereocenters. The third kappa shape index (κ3) is 1.01. The van der Waals surface area contributed by atoms with Crippen molar-refractivity contribution in [3.63, 3.8) is 0 Å². The monoisotopic (exact) mass is 235 g/mol. The molecule has 0 aromatic heterocycles. The van der Waals surface area contributed by atoms with Crippen molar-refractivity contribution in [2.75, 3.05) is 0 Å². The second kappa shape index (κ2) is 3.01. The van der Waals surface area contributed by atoms with E-state index < -0.39 is 0 Å². The molecule has 0 amide bonds. The van der Waals surface area contributed by atoms with Crippen molar-refractivity contribution < 1.29 is 10.2 Å². The normalized spacial score (nSPS) is 12.7.